The van der Waals surface area contributed by atoms with Crippen LogP contribution in [0.1, 0.15) is 85.5 Å². The molecule has 0 aliphatic heterocycles. The van der Waals surface area contributed by atoms with Crippen LogP contribution in [0.4, 0.5) is 8.78 Å². The average molecular weight is 356 g/mol. The van der Waals surface area contributed by atoms with Gasteiger partial charge in [0.15, 0.2) is 11.5 Å². The molecule has 0 bridgehead atoms. The minimum absolute atomic E-state index is 0.0397. The van der Waals surface area contributed by atoms with Crippen LogP contribution in [0.15, 0.2) is 12.1 Å². The van der Waals surface area contributed by atoms with Crippen molar-refractivity contribution in [1.29, 1.82) is 0 Å². The van der Waals surface area contributed by atoms with Crippen LogP contribution in [0.3, 0.4) is 0 Å². The lowest BCUT2D eigenvalue weighted by molar-refractivity contribution is 0.0978. The van der Waals surface area contributed by atoms with Crippen LogP contribution in [0.25, 0.3) is 0 Å². The Kier molecular flexibility index (Phi) is 9.84. The van der Waals surface area contributed by atoms with Gasteiger partial charge in [0.2, 0.25) is 11.6 Å². The van der Waals surface area contributed by atoms with Gasteiger partial charge in [-0.3, -0.25) is 0 Å². The summed E-state index contributed by atoms with van der Waals surface area (Å²) < 4.78 is 39.2. The molecule has 0 spiro atoms. The summed E-state index contributed by atoms with van der Waals surface area (Å²) in [5.74, 6) is -2.05. The normalized spacial score (nSPS) is 11.6. The zero-order valence-electron chi connectivity index (χ0n) is 16.3. The number of rotatable bonds is 13. The largest absolute Gasteiger partial charge is 0.490 e. The molecule has 0 N–H and O–H groups in total. The van der Waals surface area contributed by atoms with Crippen molar-refractivity contribution in [3.8, 4) is 11.5 Å². The maximum absolute atomic E-state index is 14.1. The lowest BCUT2D eigenvalue weighted by Crippen LogP contribution is -2.27. The van der Waals surface area contributed by atoms with E-state index < -0.39 is 17.2 Å². The van der Waals surface area contributed by atoms with Gasteiger partial charge in [0, 0.05) is 0 Å². The fourth-order valence-electron chi connectivity index (χ4n) is 2.49. The van der Waals surface area contributed by atoms with Crippen LogP contribution in [0.2, 0.25) is 0 Å². The average Bonchev–Trinajstić information content (AvgIpc) is 2.59. The van der Waals surface area contributed by atoms with Gasteiger partial charge in [0.25, 0.3) is 0 Å². The Morgan fingerprint density at radius 1 is 0.800 bits per heavy atom. The standard InChI is InChI=1S/C21H34F2O2/c1-5-7-8-9-10-11-12-13-16-24-17-14-15-18(20(23)19(17)22)25-21(3,4)6-2/h14-15H,5-13,16H2,1-4H3. The number of benzene rings is 1. The van der Waals surface area contributed by atoms with E-state index in [0.717, 1.165) is 12.8 Å². The molecular formula is C21H34F2O2. The second kappa shape index (κ2) is 11.3. The molecule has 0 saturated heterocycles. The molecule has 0 saturated carbocycles. The number of hydrogen-bond acceptors (Lipinski definition) is 2. The summed E-state index contributed by atoms with van der Waals surface area (Å²) >= 11 is 0. The number of unbranched alkanes of at least 4 members (excludes halogenated alkanes) is 7. The van der Waals surface area contributed by atoms with Crippen LogP contribution in [0, 0.1) is 11.6 Å². The van der Waals surface area contributed by atoms with Gasteiger partial charge in [-0.15, -0.1) is 0 Å². The predicted molar refractivity (Wildman–Crippen MR) is 99.5 cm³/mol. The van der Waals surface area contributed by atoms with Gasteiger partial charge >= 0.3 is 0 Å². The van der Waals surface area contributed by atoms with Crippen molar-refractivity contribution in [3.63, 3.8) is 0 Å². The van der Waals surface area contributed by atoms with Crippen molar-refractivity contribution in [2.45, 2.75) is 91.1 Å². The zero-order valence-corrected chi connectivity index (χ0v) is 16.3. The lowest BCUT2D eigenvalue weighted by Gasteiger charge is -2.25. The Morgan fingerprint density at radius 2 is 1.32 bits per heavy atom. The molecule has 25 heavy (non-hydrogen) atoms. The molecule has 0 radical (unpaired) electrons. The van der Waals surface area contributed by atoms with Gasteiger partial charge < -0.3 is 9.47 Å². The van der Waals surface area contributed by atoms with E-state index >= 15 is 0 Å². The van der Waals surface area contributed by atoms with Crippen LogP contribution < -0.4 is 9.47 Å². The van der Waals surface area contributed by atoms with Crippen molar-refractivity contribution in [1.82, 2.24) is 0 Å². The summed E-state index contributed by atoms with van der Waals surface area (Å²) in [6.45, 7) is 8.25. The van der Waals surface area contributed by atoms with Gasteiger partial charge in [-0.25, -0.2) is 0 Å². The van der Waals surface area contributed by atoms with E-state index in [1.165, 1.54) is 50.7 Å². The van der Waals surface area contributed by atoms with Gasteiger partial charge in [-0.05, 0) is 38.8 Å². The molecule has 2 nitrogen and oxygen atoms in total. The van der Waals surface area contributed by atoms with Crippen molar-refractivity contribution in [2.24, 2.45) is 0 Å². The molecule has 0 amide bonds. The fourth-order valence-corrected chi connectivity index (χ4v) is 2.49. The summed E-state index contributed by atoms with van der Waals surface area (Å²) in [5, 5.41) is 0. The molecule has 4 heteroatoms. The molecule has 0 aromatic heterocycles. The molecule has 1 rings (SSSR count). The van der Waals surface area contributed by atoms with E-state index in [1.807, 2.05) is 20.8 Å². The molecule has 0 aliphatic carbocycles. The molecule has 1 aromatic rings. The minimum atomic E-state index is -0.977. The maximum Gasteiger partial charge on any atom is 0.204 e. The quantitative estimate of drug-likeness (QED) is 0.352. The minimum Gasteiger partial charge on any atom is -0.490 e. The highest BCUT2D eigenvalue weighted by atomic mass is 19.2. The van der Waals surface area contributed by atoms with E-state index in [4.69, 9.17) is 9.47 Å². The Bertz CT molecular complexity index is 501. The monoisotopic (exact) mass is 356 g/mol. The highest BCUT2D eigenvalue weighted by molar-refractivity contribution is 5.35. The Labute approximate surface area is 151 Å². The first-order chi connectivity index (χ1) is 11.9. The molecule has 0 fully saturated rings. The SMILES string of the molecule is CCCCCCCCCCOc1ccc(OC(C)(C)CC)c(F)c1F. The van der Waals surface area contributed by atoms with E-state index in [9.17, 15) is 8.78 Å². The Hall–Kier alpha value is -1.32. The molecule has 0 atom stereocenters. The van der Waals surface area contributed by atoms with Crippen molar-refractivity contribution >= 4 is 0 Å². The molecular weight excluding hydrogens is 322 g/mol. The molecule has 0 aliphatic rings. The summed E-state index contributed by atoms with van der Waals surface area (Å²) in [7, 11) is 0. The van der Waals surface area contributed by atoms with E-state index in [0.29, 0.717) is 13.0 Å². The smallest absolute Gasteiger partial charge is 0.204 e. The summed E-state index contributed by atoms with van der Waals surface area (Å²) in [4.78, 5) is 0. The van der Waals surface area contributed by atoms with Gasteiger partial charge in [-0.1, -0.05) is 58.8 Å². The fraction of sp³-hybridized carbons (Fsp3) is 0.714. The molecule has 0 heterocycles. The molecule has 1 aromatic carbocycles. The van der Waals surface area contributed by atoms with Gasteiger partial charge in [0.1, 0.15) is 5.60 Å². The van der Waals surface area contributed by atoms with E-state index in [2.05, 4.69) is 6.92 Å². The first-order valence-electron chi connectivity index (χ1n) is 9.71. The topological polar surface area (TPSA) is 18.5 Å². The third-order valence-electron chi connectivity index (χ3n) is 4.50. The summed E-state index contributed by atoms with van der Waals surface area (Å²) in [5.41, 5.74) is -0.535. The van der Waals surface area contributed by atoms with E-state index in [-0.39, 0.29) is 11.5 Å². The second-order valence-corrected chi connectivity index (χ2v) is 7.23. The predicted octanol–water partition coefficient (Wildman–Crippen LogP) is 7.05. The molecule has 0 unspecified atom stereocenters. The van der Waals surface area contributed by atoms with E-state index in [1.54, 1.807) is 0 Å². The maximum atomic E-state index is 14.1. The van der Waals surface area contributed by atoms with Crippen molar-refractivity contribution in [2.75, 3.05) is 6.61 Å². The Morgan fingerprint density at radius 3 is 1.92 bits per heavy atom. The van der Waals surface area contributed by atoms with Crippen LogP contribution in [-0.4, -0.2) is 12.2 Å². The highest BCUT2D eigenvalue weighted by Gasteiger charge is 2.22. The third-order valence-corrected chi connectivity index (χ3v) is 4.50. The lowest BCUT2D eigenvalue weighted by atomic mass is 10.1. The first kappa shape index (κ1) is 21.7. The highest BCUT2D eigenvalue weighted by Crippen LogP contribution is 2.30. The number of halogens is 2. The third kappa shape index (κ3) is 8.06. The zero-order chi connectivity index (χ0) is 18.7. The van der Waals surface area contributed by atoms with Crippen LogP contribution >= 0.6 is 0 Å². The van der Waals surface area contributed by atoms with Gasteiger partial charge in [-0.2, -0.15) is 8.78 Å². The van der Waals surface area contributed by atoms with Crippen LogP contribution in [0.5, 0.6) is 11.5 Å². The number of hydrogen-bond donors (Lipinski definition) is 0. The van der Waals surface area contributed by atoms with Crippen molar-refractivity contribution in [3.05, 3.63) is 23.8 Å². The van der Waals surface area contributed by atoms with Crippen molar-refractivity contribution < 1.29 is 18.3 Å². The second-order valence-electron chi connectivity index (χ2n) is 7.23. The summed E-state index contributed by atoms with van der Waals surface area (Å²) in [6, 6.07) is 2.89. The van der Waals surface area contributed by atoms with Crippen LogP contribution in [-0.2, 0) is 0 Å². The number of ether oxygens (including phenoxy) is 2. The van der Waals surface area contributed by atoms with Gasteiger partial charge in [0.05, 0.1) is 6.61 Å². The Balaban J connectivity index is 2.36. The summed E-state index contributed by atoms with van der Waals surface area (Å²) in [6.07, 6.45) is 10.2. The first-order valence-corrected chi connectivity index (χ1v) is 9.71. The molecule has 144 valence electrons.